The first kappa shape index (κ1) is 14.6. The zero-order valence-electron chi connectivity index (χ0n) is 13.0. The summed E-state index contributed by atoms with van der Waals surface area (Å²) in [5.41, 5.74) is 1.98. The van der Waals surface area contributed by atoms with Crippen molar-refractivity contribution in [2.45, 2.75) is 37.2 Å². The number of benzene rings is 2. The van der Waals surface area contributed by atoms with E-state index in [-0.39, 0.29) is 18.3 Å². The Morgan fingerprint density at radius 1 is 0.625 bits per heavy atom. The van der Waals surface area contributed by atoms with E-state index in [0.29, 0.717) is 6.61 Å². The van der Waals surface area contributed by atoms with Gasteiger partial charge in [0.05, 0.1) is 6.61 Å². The molecule has 5 nitrogen and oxygen atoms in total. The fourth-order valence-electron chi connectivity index (χ4n) is 3.46. The van der Waals surface area contributed by atoms with E-state index in [1.54, 1.807) is 0 Å². The van der Waals surface area contributed by atoms with E-state index < -0.39 is 18.9 Å². The highest BCUT2D eigenvalue weighted by molar-refractivity contribution is 5.18. The molecular weight excluding hydrogens is 308 g/mol. The summed E-state index contributed by atoms with van der Waals surface area (Å²) < 4.78 is 29.9. The summed E-state index contributed by atoms with van der Waals surface area (Å²) in [6.07, 6.45) is -1.81. The van der Waals surface area contributed by atoms with Crippen LogP contribution in [-0.2, 0) is 23.7 Å². The summed E-state index contributed by atoms with van der Waals surface area (Å²) >= 11 is 0. The van der Waals surface area contributed by atoms with Crippen LogP contribution in [0.4, 0.5) is 0 Å². The molecular formula is C19H18O5. The Kier molecular flexibility index (Phi) is 3.61. The van der Waals surface area contributed by atoms with Crippen molar-refractivity contribution in [2.75, 3.05) is 6.61 Å². The maximum Gasteiger partial charge on any atom is 0.190 e. The molecule has 2 aromatic carbocycles. The van der Waals surface area contributed by atoms with Crippen molar-refractivity contribution in [3.05, 3.63) is 71.8 Å². The molecule has 2 aromatic rings. The first-order chi connectivity index (χ1) is 11.9. The van der Waals surface area contributed by atoms with Crippen molar-refractivity contribution in [1.29, 1.82) is 0 Å². The molecule has 5 heteroatoms. The smallest absolute Gasteiger partial charge is 0.190 e. The third-order valence-corrected chi connectivity index (χ3v) is 4.64. The van der Waals surface area contributed by atoms with Gasteiger partial charge >= 0.3 is 0 Å². The molecule has 0 aromatic heterocycles. The van der Waals surface area contributed by atoms with Gasteiger partial charge in [0.2, 0.25) is 0 Å². The molecule has 5 rings (SSSR count). The van der Waals surface area contributed by atoms with Gasteiger partial charge in [-0.3, -0.25) is 0 Å². The molecule has 3 saturated heterocycles. The van der Waals surface area contributed by atoms with Gasteiger partial charge in [0.25, 0.3) is 0 Å². The fourth-order valence-corrected chi connectivity index (χ4v) is 3.46. The van der Waals surface area contributed by atoms with Crippen LogP contribution < -0.4 is 0 Å². The molecule has 0 aliphatic carbocycles. The minimum Gasteiger partial charge on any atom is -0.346 e. The van der Waals surface area contributed by atoms with E-state index in [1.807, 2.05) is 60.7 Å². The zero-order valence-corrected chi connectivity index (χ0v) is 13.0. The Balaban J connectivity index is 1.33. The molecule has 3 heterocycles. The molecule has 3 fully saturated rings. The van der Waals surface area contributed by atoms with E-state index in [0.717, 1.165) is 11.1 Å². The zero-order chi connectivity index (χ0) is 15.9. The maximum absolute atomic E-state index is 6.14. The van der Waals surface area contributed by atoms with Gasteiger partial charge in [-0.05, 0) is 0 Å². The summed E-state index contributed by atoms with van der Waals surface area (Å²) in [4.78, 5) is 0. The highest BCUT2D eigenvalue weighted by atomic mass is 16.8. The lowest BCUT2D eigenvalue weighted by atomic mass is 10.1. The van der Waals surface area contributed by atoms with E-state index >= 15 is 0 Å². The van der Waals surface area contributed by atoms with Crippen LogP contribution in [-0.4, -0.2) is 31.2 Å². The Labute approximate surface area is 140 Å². The summed E-state index contributed by atoms with van der Waals surface area (Å²) in [5.74, 6) is 0. The average molecular weight is 326 g/mol. The quantitative estimate of drug-likeness (QED) is 0.849. The van der Waals surface area contributed by atoms with Gasteiger partial charge < -0.3 is 23.7 Å². The number of rotatable bonds is 2. The Morgan fingerprint density at radius 2 is 1.25 bits per heavy atom. The second kappa shape index (κ2) is 5.95. The van der Waals surface area contributed by atoms with Gasteiger partial charge in [0.15, 0.2) is 18.9 Å². The van der Waals surface area contributed by atoms with E-state index in [1.165, 1.54) is 0 Å². The molecule has 6 atom stereocenters. The molecule has 0 bridgehead atoms. The van der Waals surface area contributed by atoms with Crippen molar-refractivity contribution in [2.24, 2.45) is 0 Å². The van der Waals surface area contributed by atoms with Crippen LogP contribution in [0.3, 0.4) is 0 Å². The van der Waals surface area contributed by atoms with Crippen LogP contribution in [0.15, 0.2) is 60.7 Å². The Bertz CT molecular complexity index is 691. The Morgan fingerprint density at radius 3 is 1.96 bits per heavy atom. The summed E-state index contributed by atoms with van der Waals surface area (Å²) in [6, 6.07) is 19.8. The van der Waals surface area contributed by atoms with Gasteiger partial charge in [-0.1, -0.05) is 60.7 Å². The lowest BCUT2D eigenvalue weighted by Gasteiger charge is -2.33. The maximum atomic E-state index is 6.14. The topological polar surface area (TPSA) is 46.2 Å². The second-order valence-corrected chi connectivity index (χ2v) is 6.20. The Hall–Kier alpha value is -1.76. The van der Waals surface area contributed by atoms with Gasteiger partial charge in [0, 0.05) is 11.1 Å². The summed E-state index contributed by atoms with van der Waals surface area (Å²) in [7, 11) is 0. The SMILES string of the molecule is c1ccc([C@@H]2OC[C@H]3O[C@@H]4O[C@@H](c5ccccc5)O[C@@H]4[C@H]3O2)cc1. The third kappa shape index (κ3) is 2.46. The summed E-state index contributed by atoms with van der Waals surface area (Å²) in [6.45, 7) is 0.472. The molecule has 3 aliphatic heterocycles. The minimum atomic E-state index is -0.414. The predicted octanol–water partition coefficient (Wildman–Crippen LogP) is 2.94. The van der Waals surface area contributed by atoms with Gasteiger partial charge in [0.1, 0.15) is 18.3 Å². The molecule has 3 aliphatic rings. The first-order valence-electron chi connectivity index (χ1n) is 8.22. The minimum absolute atomic E-state index is 0.156. The van der Waals surface area contributed by atoms with Crippen LogP contribution >= 0.6 is 0 Å². The van der Waals surface area contributed by atoms with Crippen LogP contribution in [0.25, 0.3) is 0 Å². The predicted molar refractivity (Wildman–Crippen MR) is 83.8 cm³/mol. The highest BCUT2D eigenvalue weighted by Crippen LogP contribution is 2.43. The molecule has 0 unspecified atom stereocenters. The van der Waals surface area contributed by atoms with Crippen LogP contribution in [0.5, 0.6) is 0 Å². The van der Waals surface area contributed by atoms with Crippen LogP contribution in [0.2, 0.25) is 0 Å². The molecule has 0 saturated carbocycles. The van der Waals surface area contributed by atoms with Crippen molar-refractivity contribution < 1.29 is 23.7 Å². The molecule has 24 heavy (non-hydrogen) atoms. The lowest BCUT2D eigenvalue weighted by molar-refractivity contribution is -0.273. The number of hydrogen-bond donors (Lipinski definition) is 0. The average Bonchev–Trinajstić information content (AvgIpc) is 3.21. The number of hydrogen-bond acceptors (Lipinski definition) is 5. The molecule has 124 valence electrons. The summed E-state index contributed by atoms with van der Waals surface area (Å²) in [5, 5.41) is 0. The molecule has 0 spiro atoms. The fraction of sp³-hybridized carbons (Fsp3) is 0.368. The normalized spacial score (nSPS) is 37.8. The largest absolute Gasteiger partial charge is 0.346 e. The standard InChI is InChI=1S/C19H18O5/c1-3-7-12(8-4-1)17-20-11-14-15(22-17)16-19(21-14)24-18(23-16)13-9-5-2-6-10-13/h1-10,14-19H,11H2/t14-,15+,16-,17-,18+,19-/m1/s1. The molecule has 0 amide bonds. The number of ether oxygens (including phenoxy) is 5. The monoisotopic (exact) mass is 326 g/mol. The van der Waals surface area contributed by atoms with Crippen molar-refractivity contribution in [1.82, 2.24) is 0 Å². The third-order valence-electron chi connectivity index (χ3n) is 4.64. The van der Waals surface area contributed by atoms with Crippen molar-refractivity contribution in [3.8, 4) is 0 Å². The van der Waals surface area contributed by atoms with Crippen LogP contribution in [0.1, 0.15) is 23.7 Å². The van der Waals surface area contributed by atoms with Crippen molar-refractivity contribution >= 4 is 0 Å². The van der Waals surface area contributed by atoms with Gasteiger partial charge in [-0.25, -0.2) is 0 Å². The van der Waals surface area contributed by atoms with E-state index in [4.69, 9.17) is 23.7 Å². The second-order valence-electron chi connectivity index (χ2n) is 6.20. The molecule has 0 radical (unpaired) electrons. The number of fused-ring (bicyclic) bond motifs is 3. The first-order valence-corrected chi connectivity index (χ1v) is 8.22. The van der Waals surface area contributed by atoms with E-state index in [9.17, 15) is 0 Å². The van der Waals surface area contributed by atoms with Gasteiger partial charge in [-0.2, -0.15) is 0 Å². The molecule has 0 N–H and O–H groups in total. The lowest BCUT2D eigenvalue weighted by Crippen LogP contribution is -2.43. The highest BCUT2D eigenvalue weighted by Gasteiger charge is 2.55. The van der Waals surface area contributed by atoms with E-state index in [2.05, 4.69) is 0 Å². The van der Waals surface area contributed by atoms with Crippen molar-refractivity contribution in [3.63, 3.8) is 0 Å². The van der Waals surface area contributed by atoms with Crippen LogP contribution in [0, 0.1) is 0 Å². The van der Waals surface area contributed by atoms with Gasteiger partial charge in [-0.15, -0.1) is 0 Å².